The third kappa shape index (κ3) is 4.58. The molecule has 3 heterocycles. The van der Waals surface area contributed by atoms with Crippen molar-refractivity contribution in [2.45, 2.75) is 82.9 Å². The van der Waals surface area contributed by atoms with Crippen molar-refractivity contribution in [2.24, 2.45) is 5.92 Å². The number of fused-ring (bicyclic) bond motifs is 1. The molecule has 2 amide bonds. The summed E-state index contributed by atoms with van der Waals surface area (Å²) in [6, 6.07) is -0.137. The highest BCUT2D eigenvalue weighted by Gasteiger charge is 2.45. The van der Waals surface area contributed by atoms with E-state index in [1.165, 1.54) is 12.8 Å². The van der Waals surface area contributed by atoms with Gasteiger partial charge in [-0.25, -0.2) is 0 Å². The summed E-state index contributed by atoms with van der Waals surface area (Å²) in [5.41, 5.74) is 0.0735. The van der Waals surface area contributed by atoms with E-state index >= 15 is 0 Å². The first-order valence-electron chi connectivity index (χ1n) is 10.4. The van der Waals surface area contributed by atoms with Gasteiger partial charge in [0.2, 0.25) is 11.8 Å². The number of rotatable bonds is 6. The smallest absolute Gasteiger partial charge is 0.222 e. The number of nitrogens with zero attached hydrogens (tertiary/aromatic N) is 2. The van der Waals surface area contributed by atoms with E-state index in [4.69, 9.17) is 0 Å². The highest BCUT2D eigenvalue weighted by Crippen LogP contribution is 2.41. The Balaban J connectivity index is 1.52. The van der Waals surface area contributed by atoms with Gasteiger partial charge >= 0.3 is 0 Å². The molecule has 2 atom stereocenters. The van der Waals surface area contributed by atoms with Crippen LogP contribution >= 0.6 is 0 Å². The van der Waals surface area contributed by atoms with Crippen LogP contribution in [0.15, 0.2) is 0 Å². The molecule has 0 aromatic heterocycles. The number of hydrogen-bond acceptors (Lipinski definition) is 4. The molecule has 0 spiro atoms. The summed E-state index contributed by atoms with van der Waals surface area (Å²) in [5.74, 6) is 0.657. The second kappa shape index (κ2) is 8.26. The number of likely N-dealkylation sites (tertiary alicyclic amines) is 1. The van der Waals surface area contributed by atoms with Crippen LogP contribution in [0.4, 0.5) is 0 Å². The maximum atomic E-state index is 12.7. The molecule has 3 aliphatic heterocycles. The summed E-state index contributed by atoms with van der Waals surface area (Å²) in [6.07, 6.45) is 6.54. The van der Waals surface area contributed by atoms with Crippen molar-refractivity contribution in [2.75, 3.05) is 26.2 Å². The third-order valence-electron chi connectivity index (χ3n) is 6.38. The molecule has 0 aliphatic carbocycles. The topological polar surface area (TPSA) is 72.9 Å². The largest absolute Gasteiger partial charge is 0.391 e. The van der Waals surface area contributed by atoms with E-state index in [1.807, 2.05) is 0 Å². The molecule has 0 aromatic carbocycles. The quantitative estimate of drug-likeness (QED) is 0.749. The molecule has 3 rings (SSSR count). The second-order valence-electron chi connectivity index (χ2n) is 8.98. The number of aliphatic hydroxyl groups is 1. The Morgan fingerprint density at radius 3 is 2.54 bits per heavy atom. The van der Waals surface area contributed by atoms with Gasteiger partial charge in [-0.1, -0.05) is 13.8 Å². The predicted molar refractivity (Wildman–Crippen MR) is 101 cm³/mol. The Kier molecular flexibility index (Phi) is 6.23. The van der Waals surface area contributed by atoms with E-state index in [2.05, 4.69) is 24.1 Å². The fourth-order valence-electron chi connectivity index (χ4n) is 5.04. The molecule has 0 saturated carbocycles. The number of hydrogen-bond donors (Lipinski definition) is 2. The number of carbonyl (C=O) groups excluding carboxylic acids is 2. The Morgan fingerprint density at radius 2 is 1.88 bits per heavy atom. The lowest BCUT2D eigenvalue weighted by molar-refractivity contribution is -0.136. The predicted octanol–water partition coefficient (Wildman–Crippen LogP) is 1.52. The molecule has 0 radical (unpaired) electrons. The standard InChI is InChI=1S/C20H35N3O3/c1-15(2)5-6-19(26)22-13-16(11-17(24)14-22)21-18(25)12-20-7-3-9-23(20)10-4-8-20/h15-17,24H,3-14H2,1-2H3,(H,21,25). The van der Waals surface area contributed by atoms with Crippen molar-refractivity contribution in [3.8, 4) is 0 Å². The lowest BCUT2D eigenvalue weighted by Crippen LogP contribution is -2.55. The summed E-state index contributed by atoms with van der Waals surface area (Å²) < 4.78 is 0. The van der Waals surface area contributed by atoms with E-state index in [9.17, 15) is 14.7 Å². The lowest BCUT2D eigenvalue weighted by Gasteiger charge is -2.37. The molecule has 3 saturated heterocycles. The zero-order chi connectivity index (χ0) is 18.7. The molecule has 26 heavy (non-hydrogen) atoms. The molecule has 2 N–H and O–H groups in total. The minimum absolute atomic E-state index is 0.0735. The number of carbonyl (C=O) groups is 2. The summed E-state index contributed by atoms with van der Waals surface area (Å²) in [6.45, 7) is 7.37. The molecule has 6 nitrogen and oxygen atoms in total. The zero-order valence-corrected chi connectivity index (χ0v) is 16.4. The molecule has 2 unspecified atom stereocenters. The highest BCUT2D eigenvalue weighted by atomic mass is 16.3. The molecular weight excluding hydrogens is 330 g/mol. The van der Waals surface area contributed by atoms with Crippen LogP contribution in [-0.2, 0) is 9.59 Å². The molecule has 6 heteroatoms. The molecule has 0 bridgehead atoms. The molecule has 3 aliphatic rings. The summed E-state index contributed by atoms with van der Waals surface area (Å²) >= 11 is 0. The van der Waals surface area contributed by atoms with E-state index < -0.39 is 6.10 Å². The van der Waals surface area contributed by atoms with Crippen LogP contribution in [0.25, 0.3) is 0 Å². The van der Waals surface area contributed by atoms with Crippen molar-refractivity contribution in [1.29, 1.82) is 0 Å². The van der Waals surface area contributed by atoms with E-state index in [0.717, 1.165) is 32.4 Å². The first kappa shape index (κ1) is 19.6. The SMILES string of the molecule is CC(C)CCC(=O)N1CC(O)CC(NC(=O)CC23CCCN2CCC3)C1. The van der Waals surface area contributed by atoms with Gasteiger partial charge in [0.25, 0.3) is 0 Å². The number of β-amino-alcohol motifs (C(OH)–C–C–N with tert-alkyl or cyclic N) is 1. The van der Waals surface area contributed by atoms with Crippen LogP contribution in [-0.4, -0.2) is 70.6 Å². The second-order valence-corrected chi connectivity index (χ2v) is 8.98. The van der Waals surface area contributed by atoms with Crippen LogP contribution in [0.1, 0.15) is 65.2 Å². The fraction of sp³-hybridized carbons (Fsp3) is 0.900. The summed E-state index contributed by atoms with van der Waals surface area (Å²) in [5, 5.41) is 13.3. The van der Waals surface area contributed by atoms with Gasteiger partial charge in [-0.05, 0) is 57.5 Å². The van der Waals surface area contributed by atoms with Gasteiger partial charge in [-0.2, -0.15) is 0 Å². The fourth-order valence-corrected chi connectivity index (χ4v) is 5.04. The summed E-state index contributed by atoms with van der Waals surface area (Å²) in [4.78, 5) is 29.3. The van der Waals surface area contributed by atoms with Gasteiger partial charge in [0, 0.05) is 37.5 Å². The van der Waals surface area contributed by atoms with Crippen LogP contribution in [0.5, 0.6) is 0 Å². The highest BCUT2D eigenvalue weighted by molar-refractivity contribution is 5.78. The van der Waals surface area contributed by atoms with Crippen molar-refractivity contribution in [3.63, 3.8) is 0 Å². The number of piperidine rings is 1. The van der Waals surface area contributed by atoms with Crippen LogP contribution in [0.3, 0.4) is 0 Å². The maximum absolute atomic E-state index is 12.7. The summed E-state index contributed by atoms with van der Waals surface area (Å²) in [7, 11) is 0. The van der Waals surface area contributed by atoms with Gasteiger partial charge in [0.15, 0.2) is 0 Å². The van der Waals surface area contributed by atoms with E-state index in [1.54, 1.807) is 4.90 Å². The van der Waals surface area contributed by atoms with Crippen LogP contribution in [0, 0.1) is 5.92 Å². The van der Waals surface area contributed by atoms with Crippen LogP contribution in [0.2, 0.25) is 0 Å². The minimum atomic E-state index is -0.551. The molecular formula is C20H35N3O3. The van der Waals surface area contributed by atoms with E-state index in [-0.39, 0.29) is 23.4 Å². The van der Waals surface area contributed by atoms with Crippen LogP contribution < -0.4 is 5.32 Å². The Labute approximate surface area is 157 Å². The Bertz CT molecular complexity index is 512. The number of nitrogens with one attached hydrogen (secondary N) is 1. The van der Waals surface area contributed by atoms with E-state index in [0.29, 0.717) is 38.3 Å². The average molecular weight is 366 g/mol. The first-order valence-corrected chi connectivity index (χ1v) is 10.4. The number of amides is 2. The van der Waals surface area contributed by atoms with Gasteiger partial charge < -0.3 is 15.3 Å². The molecule has 0 aromatic rings. The van der Waals surface area contributed by atoms with Gasteiger partial charge in [-0.15, -0.1) is 0 Å². The van der Waals surface area contributed by atoms with Crippen molar-refractivity contribution in [1.82, 2.24) is 15.1 Å². The minimum Gasteiger partial charge on any atom is -0.391 e. The first-order chi connectivity index (χ1) is 12.4. The zero-order valence-electron chi connectivity index (χ0n) is 16.4. The normalized spacial score (nSPS) is 28.4. The van der Waals surface area contributed by atoms with Crippen molar-refractivity contribution >= 4 is 11.8 Å². The molecule has 3 fully saturated rings. The monoisotopic (exact) mass is 365 g/mol. The molecule has 148 valence electrons. The van der Waals surface area contributed by atoms with Crippen molar-refractivity contribution in [3.05, 3.63) is 0 Å². The van der Waals surface area contributed by atoms with Crippen molar-refractivity contribution < 1.29 is 14.7 Å². The average Bonchev–Trinajstić information content (AvgIpc) is 3.11. The Morgan fingerprint density at radius 1 is 1.19 bits per heavy atom. The third-order valence-corrected chi connectivity index (χ3v) is 6.38. The maximum Gasteiger partial charge on any atom is 0.222 e. The van der Waals surface area contributed by atoms with Gasteiger partial charge in [-0.3, -0.25) is 14.5 Å². The van der Waals surface area contributed by atoms with Gasteiger partial charge in [0.05, 0.1) is 6.10 Å². The number of aliphatic hydroxyl groups excluding tert-OH is 1. The Hall–Kier alpha value is -1.14. The lowest BCUT2D eigenvalue weighted by atomic mass is 9.89. The van der Waals surface area contributed by atoms with Gasteiger partial charge in [0.1, 0.15) is 0 Å².